The van der Waals surface area contributed by atoms with Crippen molar-refractivity contribution in [2.45, 2.75) is 56.9 Å². The summed E-state index contributed by atoms with van der Waals surface area (Å²) in [6, 6.07) is 2.07. The monoisotopic (exact) mass is 244 g/mol. The molecule has 2 fully saturated rings. The number of aromatic nitrogens is 1. The van der Waals surface area contributed by atoms with Gasteiger partial charge in [-0.05, 0) is 68.9 Å². The highest BCUT2D eigenvalue weighted by atomic mass is 16.2. The molecule has 0 atom stereocenters. The zero-order valence-electron chi connectivity index (χ0n) is 10.7. The molecule has 1 aromatic rings. The van der Waals surface area contributed by atoms with Gasteiger partial charge in [0.2, 0.25) is 0 Å². The Bertz CT molecular complexity index is 473. The molecule has 0 aromatic carbocycles. The Kier molecular flexibility index (Phi) is 2.14. The molecular formula is C15H20N2O. The summed E-state index contributed by atoms with van der Waals surface area (Å²) in [6.45, 7) is 0. The minimum absolute atomic E-state index is 0.118. The first-order chi connectivity index (χ1) is 8.74. The average Bonchev–Trinajstić information content (AvgIpc) is 3.07. The minimum Gasteiger partial charge on any atom is -0.354 e. The van der Waals surface area contributed by atoms with Crippen LogP contribution in [0.4, 0.5) is 0 Å². The number of fused-ring (bicyclic) bond motifs is 3. The molecule has 3 aliphatic rings. The molecule has 18 heavy (non-hydrogen) atoms. The van der Waals surface area contributed by atoms with Gasteiger partial charge in [-0.15, -0.1) is 0 Å². The van der Waals surface area contributed by atoms with Gasteiger partial charge in [-0.3, -0.25) is 4.79 Å². The van der Waals surface area contributed by atoms with Crippen molar-refractivity contribution in [3.05, 3.63) is 23.0 Å². The van der Waals surface area contributed by atoms with Crippen molar-refractivity contribution in [3.8, 4) is 0 Å². The van der Waals surface area contributed by atoms with Gasteiger partial charge < -0.3 is 10.3 Å². The molecule has 0 aliphatic heterocycles. The lowest BCUT2D eigenvalue weighted by Crippen LogP contribution is -2.45. The highest BCUT2D eigenvalue weighted by Gasteiger charge is 2.45. The number of carbonyl (C=O) groups excluding carboxylic acids is 1. The third-order valence-corrected chi connectivity index (χ3v) is 5.23. The molecule has 1 heterocycles. The second-order valence-electron chi connectivity index (χ2n) is 6.42. The number of nitrogens with one attached hydrogen (secondary N) is 2. The third-order valence-electron chi connectivity index (χ3n) is 5.23. The SMILES string of the molecule is O=C(NC12CCC(CC1)C2)c1cc2c([nH]1)CCC2. The number of aromatic amines is 1. The summed E-state index contributed by atoms with van der Waals surface area (Å²) in [6.07, 6.45) is 9.66. The molecule has 3 aliphatic carbocycles. The molecule has 0 unspecified atom stereocenters. The fourth-order valence-corrected chi connectivity index (χ4v) is 4.24. The van der Waals surface area contributed by atoms with Crippen LogP contribution in [0.1, 0.15) is 60.3 Å². The zero-order valence-corrected chi connectivity index (χ0v) is 10.7. The molecule has 2 bridgehead atoms. The van der Waals surface area contributed by atoms with E-state index in [1.165, 1.54) is 49.8 Å². The van der Waals surface area contributed by atoms with Gasteiger partial charge in [0.25, 0.3) is 5.91 Å². The Hall–Kier alpha value is -1.25. The maximum Gasteiger partial charge on any atom is 0.268 e. The van der Waals surface area contributed by atoms with Crippen molar-refractivity contribution < 1.29 is 4.79 Å². The van der Waals surface area contributed by atoms with Crippen molar-refractivity contribution in [1.29, 1.82) is 0 Å². The van der Waals surface area contributed by atoms with Crippen LogP contribution in [0.3, 0.4) is 0 Å². The van der Waals surface area contributed by atoms with Crippen LogP contribution < -0.4 is 5.32 Å². The van der Waals surface area contributed by atoms with Gasteiger partial charge in [0.05, 0.1) is 0 Å². The van der Waals surface area contributed by atoms with E-state index in [-0.39, 0.29) is 11.4 Å². The van der Waals surface area contributed by atoms with E-state index in [2.05, 4.69) is 16.4 Å². The molecule has 1 aromatic heterocycles. The number of hydrogen-bond acceptors (Lipinski definition) is 1. The highest BCUT2D eigenvalue weighted by molar-refractivity contribution is 5.93. The van der Waals surface area contributed by atoms with Gasteiger partial charge in [0.15, 0.2) is 0 Å². The first kappa shape index (κ1) is 10.7. The van der Waals surface area contributed by atoms with E-state index < -0.39 is 0 Å². The fourth-order valence-electron chi connectivity index (χ4n) is 4.24. The number of amides is 1. The molecule has 0 radical (unpaired) electrons. The number of carbonyl (C=O) groups is 1. The Morgan fingerprint density at radius 3 is 2.83 bits per heavy atom. The Balaban J connectivity index is 1.53. The van der Waals surface area contributed by atoms with Crippen molar-refractivity contribution >= 4 is 5.91 Å². The van der Waals surface area contributed by atoms with E-state index in [0.29, 0.717) is 0 Å². The average molecular weight is 244 g/mol. The van der Waals surface area contributed by atoms with Crippen LogP contribution in [0, 0.1) is 5.92 Å². The number of H-pyrrole nitrogens is 1. The summed E-state index contributed by atoms with van der Waals surface area (Å²) in [5.74, 6) is 0.992. The van der Waals surface area contributed by atoms with E-state index in [1.807, 2.05) is 0 Å². The van der Waals surface area contributed by atoms with Gasteiger partial charge in [0, 0.05) is 11.2 Å². The lowest BCUT2D eigenvalue weighted by molar-refractivity contribution is 0.0896. The summed E-state index contributed by atoms with van der Waals surface area (Å²) in [5.41, 5.74) is 3.56. The fraction of sp³-hybridized carbons (Fsp3) is 0.667. The molecule has 1 amide bonds. The quantitative estimate of drug-likeness (QED) is 0.825. The van der Waals surface area contributed by atoms with Crippen molar-refractivity contribution in [2.24, 2.45) is 5.92 Å². The predicted molar refractivity (Wildman–Crippen MR) is 69.6 cm³/mol. The second kappa shape index (κ2) is 3.62. The molecule has 4 rings (SSSR count). The smallest absolute Gasteiger partial charge is 0.268 e. The first-order valence-electron chi connectivity index (χ1n) is 7.27. The third kappa shape index (κ3) is 1.53. The van der Waals surface area contributed by atoms with E-state index in [4.69, 9.17) is 0 Å². The van der Waals surface area contributed by atoms with Gasteiger partial charge in [-0.1, -0.05) is 0 Å². The summed E-state index contributed by atoms with van der Waals surface area (Å²) in [4.78, 5) is 15.7. The van der Waals surface area contributed by atoms with Crippen molar-refractivity contribution in [3.63, 3.8) is 0 Å². The van der Waals surface area contributed by atoms with Crippen molar-refractivity contribution in [1.82, 2.24) is 10.3 Å². The van der Waals surface area contributed by atoms with Crippen LogP contribution in [0.15, 0.2) is 6.07 Å². The molecule has 3 heteroatoms. The summed E-state index contributed by atoms with van der Waals surface area (Å²) >= 11 is 0. The topological polar surface area (TPSA) is 44.9 Å². The van der Waals surface area contributed by atoms with Crippen LogP contribution in [-0.2, 0) is 12.8 Å². The zero-order chi connectivity index (χ0) is 12.2. The lowest BCUT2D eigenvalue weighted by atomic mass is 9.93. The van der Waals surface area contributed by atoms with Gasteiger partial charge in [0.1, 0.15) is 5.69 Å². The van der Waals surface area contributed by atoms with Crippen LogP contribution >= 0.6 is 0 Å². The molecule has 96 valence electrons. The molecule has 2 N–H and O–H groups in total. The van der Waals surface area contributed by atoms with Crippen LogP contribution in [0.25, 0.3) is 0 Å². The second-order valence-corrected chi connectivity index (χ2v) is 6.42. The van der Waals surface area contributed by atoms with Crippen LogP contribution in [0.2, 0.25) is 0 Å². The summed E-state index contributed by atoms with van der Waals surface area (Å²) < 4.78 is 0. The van der Waals surface area contributed by atoms with E-state index in [9.17, 15) is 4.79 Å². The van der Waals surface area contributed by atoms with Gasteiger partial charge in [-0.2, -0.15) is 0 Å². The standard InChI is InChI=1S/C15H20N2O/c18-14(13-8-11-2-1-3-12(11)16-13)17-15-6-4-10(9-15)5-7-15/h8,10,16H,1-7,9H2,(H,17,18). The van der Waals surface area contributed by atoms with Crippen molar-refractivity contribution in [2.75, 3.05) is 0 Å². The Morgan fingerprint density at radius 2 is 2.17 bits per heavy atom. The number of aryl methyl sites for hydroxylation is 2. The van der Waals surface area contributed by atoms with E-state index >= 15 is 0 Å². The van der Waals surface area contributed by atoms with Crippen LogP contribution in [0.5, 0.6) is 0 Å². The maximum atomic E-state index is 12.3. The van der Waals surface area contributed by atoms with Crippen LogP contribution in [-0.4, -0.2) is 16.4 Å². The largest absolute Gasteiger partial charge is 0.354 e. The Morgan fingerprint density at radius 1 is 1.33 bits per heavy atom. The molecule has 0 saturated heterocycles. The summed E-state index contributed by atoms with van der Waals surface area (Å²) in [5, 5.41) is 3.32. The Labute approximate surface area is 107 Å². The molecule has 2 saturated carbocycles. The minimum atomic E-state index is 0.118. The van der Waals surface area contributed by atoms with E-state index in [1.54, 1.807) is 0 Å². The lowest BCUT2D eigenvalue weighted by Gasteiger charge is -2.27. The van der Waals surface area contributed by atoms with Gasteiger partial charge >= 0.3 is 0 Å². The van der Waals surface area contributed by atoms with E-state index in [0.717, 1.165) is 24.5 Å². The number of rotatable bonds is 2. The molecule has 3 nitrogen and oxygen atoms in total. The normalized spacial score (nSPS) is 32.8. The number of hydrogen-bond donors (Lipinski definition) is 2. The highest BCUT2D eigenvalue weighted by Crippen LogP contribution is 2.47. The summed E-state index contributed by atoms with van der Waals surface area (Å²) in [7, 11) is 0. The van der Waals surface area contributed by atoms with Gasteiger partial charge in [-0.25, -0.2) is 0 Å². The maximum absolute atomic E-state index is 12.3. The first-order valence-corrected chi connectivity index (χ1v) is 7.27. The molecular weight excluding hydrogens is 224 g/mol. The molecule has 0 spiro atoms. The predicted octanol–water partition coefficient (Wildman–Crippen LogP) is 2.57.